The van der Waals surface area contributed by atoms with Gasteiger partial charge in [-0.15, -0.1) is 11.3 Å². The van der Waals surface area contributed by atoms with Gasteiger partial charge in [0.05, 0.1) is 16.3 Å². The summed E-state index contributed by atoms with van der Waals surface area (Å²) in [5.41, 5.74) is 1.30. The summed E-state index contributed by atoms with van der Waals surface area (Å²) in [7, 11) is 4.01. The van der Waals surface area contributed by atoms with Crippen LogP contribution in [0.1, 0.15) is 36.6 Å². The van der Waals surface area contributed by atoms with Crippen molar-refractivity contribution in [2.75, 3.05) is 26.0 Å². The number of aryl methyl sites for hydroxylation is 2. The van der Waals surface area contributed by atoms with E-state index in [-0.39, 0.29) is 17.2 Å². The molecule has 0 saturated heterocycles. The molecule has 0 bridgehead atoms. The molecule has 0 spiro atoms. The average molecular weight is 489 g/mol. The van der Waals surface area contributed by atoms with E-state index < -0.39 is 11.1 Å². The summed E-state index contributed by atoms with van der Waals surface area (Å²) in [6.45, 7) is 3.13. The van der Waals surface area contributed by atoms with Crippen LogP contribution in [0.2, 0.25) is 0 Å². The van der Waals surface area contributed by atoms with Crippen molar-refractivity contribution >= 4 is 44.9 Å². The third-order valence-electron chi connectivity index (χ3n) is 5.81. The molecule has 176 valence electrons. The van der Waals surface area contributed by atoms with Crippen LogP contribution >= 0.6 is 23.1 Å². The lowest BCUT2D eigenvalue weighted by Gasteiger charge is -2.17. The molecule has 3 aromatic rings. The third-order valence-corrected chi connectivity index (χ3v) is 8.09. The van der Waals surface area contributed by atoms with Gasteiger partial charge in [-0.3, -0.25) is 14.2 Å². The van der Waals surface area contributed by atoms with Gasteiger partial charge in [0, 0.05) is 11.4 Å². The second-order valence-electron chi connectivity index (χ2n) is 8.63. The number of nitrogens with one attached hydrogen (secondary N) is 1. The summed E-state index contributed by atoms with van der Waals surface area (Å²) in [5, 5.41) is 3.39. The van der Waals surface area contributed by atoms with Crippen molar-refractivity contribution in [1.82, 2.24) is 14.5 Å². The highest BCUT2D eigenvalue weighted by Crippen LogP contribution is 2.35. The number of carbonyl (C=O) groups is 1. The molecule has 2 heterocycles. The zero-order chi connectivity index (χ0) is 23.5. The molecule has 1 amide bonds. The number of rotatable bonds is 8. The Morgan fingerprint density at radius 1 is 1.30 bits per heavy atom. The van der Waals surface area contributed by atoms with E-state index in [9.17, 15) is 14.0 Å². The number of halogens is 1. The molecular formula is C24H29FN4O2S2. The molecule has 2 aromatic heterocycles. The first kappa shape index (κ1) is 23.9. The number of amides is 1. The van der Waals surface area contributed by atoms with Gasteiger partial charge in [-0.2, -0.15) is 0 Å². The van der Waals surface area contributed by atoms with Crippen LogP contribution in [0.15, 0.2) is 34.2 Å². The molecule has 1 atom stereocenters. The van der Waals surface area contributed by atoms with Crippen LogP contribution in [0, 0.1) is 5.82 Å². The van der Waals surface area contributed by atoms with Crippen LogP contribution in [0.4, 0.5) is 10.1 Å². The van der Waals surface area contributed by atoms with Crippen LogP contribution < -0.4 is 10.9 Å². The molecule has 1 aliphatic rings. The highest BCUT2D eigenvalue weighted by molar-refractivity contribution is 8.00. The summed E-state index contributed by atoms with van der Waals surface area (Å²) in [5.74, 6) is -0.808. The number of para-hydroxylation sites is 1. The summed E-state index contributed by atoms with van der Waals surface area (Å²) >= 11 is 2.86. The summed E-state index contributed by atoms with van der Waals surface area (Å²) in [4.78, 5) is 35.4. The minimum Gasteiger partial charge on any atom is -0.323 e. The van der Waals surface area contributed by atoms with Gasteiger partial charge in [-0.05, 0) is 77.4 Å². The molecule has 0 radical (unpaired) electrons. The lowest BCUT2D eigenvalue weighted by Crippen LogP contribution is -2.28. The van der Waals surface area contributed by atoms with Crippen molar-refractivity contribution in [3.05, 3.63) is 50.9 Å². The van der Waals surface area contributed by atoms with Crippen molar-refractivity contribution < 1.29 is 9.18 Å². The number of benzene rings is 1. The molecule has 0 aliphatic heterocycles. The van der Waals surface area contributed by atoms with Crippen molar-refractivity contribution in [2.45, 2.75) is 56.0 Å². The van der Waals surface area contributed by atoms with Crippen LogP contribution in [-0.2, 0) is 24.2 Å². The number of thioether (sulfide) groups is 1. The van der Waals surface area contributed by atoms with Gasteiger partial charge in [0.25, 0.3) is 5.56 Å². The quantitative estimate of drug-likeness (QED) is 0.372. The van der Waals surface area contributed by atoms with Crippen LogP contribution in [0.25, 0.3) is 10.2 Å². The minimum absolute atomic E-state index is 0.0117. The Labute approximate surface area is 201 Å². The molecule has 1 aromatic carbocycles. The number of hydrogen-bond acceptors (Lipinski definition) is 6. The van der Waals surface area contributed by atoms with Gasteiger partial charge in [0.15, 0.2) is 5.16 Å². The van der Waals surface area contributed by atoms with Crippen LogP contribution in [0.3, 0.4) is 0 Å². The maximum absolute atomic E-state index is 14.0. The Kier molecular flexibility index (Phi) is 7.51. The van der Waals surface area contributed by atoms with Crippen LogP contribution in [0.5, 0.6) is 0 Å². The normalized spacial score (nSPS) is 14.5. The molecule has 4 rings (SSSR count). The zero-order valence-corrected chi connectivity index (χ0v) is 20.8. The van der Waals surface area contributed by atoms with Crippen molar-refractivity contribution in [3.8, 4) is 0 Å². The number of aromatic nitrogens is 2. The second-order valence-corrected chi connectivity index (χ2v) is 11.0. The molecular weight excluding hydrogens is 459 g/mol. The maximum Gasteiger partial charge on any atom is 0.263 e. The Morgan fingerprint density at radius 3 is 2.82 bits per heavy atom. The number of nitrogens with zero attached hydrogens (tertiary/aromatic N) is 3. The third kappa shape index (κ3) is 5.31. The Morgan fingerprint density at radius 2 is 2.06 bits per heavy atom. The molecule has 1 unspecified atom stereocenters. The van der Waals surface area contributed by atoms with Gasteiger partial charge >= 0.3 is 0 Å². The number of thiophene rings is 1. The number of anilines is 1. The van der Waals surface area contributed by atoms with Crippen LogP contribution in [-0.4, -0.2) is 46.2 Å². The monoisotopic (exact) mass is 488 g/mol. The fraction of sp³-hybridized carbons (Fsp3) is 0.458. The molecule has 0 fully saturated rings. The Hall–Kier alpha value is -2.23. The number of fused-ring (bicyclic) bond motifs is 3. The van der Waals surface area contributed by atoms with Gasteiger partial charge in [-0.25, -0.2) is 9.37 Å². The van der Waals surface area contributed by atoms with Crippen molar-refractivity contribution in [3.63, 3.8) is 0 Å². The summed E-state index contributed by atoms with van der Waals surface area (Å²) < 4.78 is 15.7. The molecule has 1 aliphatic carbocycles. The summed E-state index contributed by atoms with van der Waals surface area (Å²) in [6.07, 6.45) is 4.97. The van der Waals surface area contributed by atoms with Gasteiger partial charge in [0.2, 0.25) is 5.91 Å². The second kappa shape index (κ2) is 10.4. The predicted molar refractivity (Wildman–Crippen MR) is 134 cm³/mol. The fourth-order valence-electron chi connectivity index (χ4n) is 4.06. The number of carbonyl (C=O) groups excluding carboxylic acids is 1. The Balaban J connectivity index is 1.65. The van der Waals surface area contributed by atoms with E-state index in [1.54, 1.807) is 35.0 Å². The van der Waals surface area contributed by atoms with Gasteiger partial charge < -0.3 is 10.2 Å². The first-order valence-electron chi connectivity index (χ1n) is 11.3. The zero-order valence-electron chi connectivity index (χ0n) is 19.2. The standard InChI is InChI=1S/C24H29FN4O2S2/c1-15(21(30)26-18-11-6-5-10-17(18)25)32-24-27-22-20(16-9-4-7-12-19(16)33-22)23(31)29(24)14-8-13-28(2)3/h5-6,10-11,15H,4,7-9,12-14H2,1-3H3,(H,26,30). The predicted octanol–water partition coefficient (Wildman–Crippen LogP) is 4.55. The first-order valence-corrected chi connectivity index (χ1v) is 13.0. The maximum atomic E-state index is 14.0. The summed E-state index contributed by atoms with van der Waals surface area (Å²) in [6, 6.07) is 6.09. The lowest BCUT2D eigenvalue weighted by atomic mass is 9.97. The minimum atomic E-state index is -0.552. The number of hydrogen-bond donors (Lipinski definition) is 1. The fourth-order valence-corrected chi connectivity index (χ4v) is 6.30. The van der Waals surface area contributed by atoms with E-state index in [1.807, 2.05) is 14.1 Å². The van der Waals surface area contributed by atoms with E-state index in [0.717, 1.165) is 48.9 Å². The van der Waals surface area contributed by atoms with Crippen molar-refractivity contribution in [1.29, 1.82) is 0 Å². The van der Waals surface area contributed by atoms with E-state index >= 15 is 0 Å². The average Bonchev–Trinajstić information content (AvgIpc) is 3.15. The Bertz CT molecular complexity index is 1220. The molecule has 9 heteroatoms. The van der Waals surface area contributed by atoms with Crippen molar-refractivity contribution in [2.24, 2.45) is 0 Å². The van der Waals surface area contributed by atoms with E-state index in [0.29, 0.717) is 11.7 Å². The molecule has 6 nitrogen and oxygen atoms in total. The smallest absolute Gasteiger partial charge is 0.263 e. The highest BCUT2D eigenvalue weighted by Gasteiger charge is 2.24. The van der Waals surface area contributed by atoms with E-state index in [1.165, 1.54) is 34.3 Å². The highest BCUT2D eigenvalue weighted by atomic mass is 32.2. The van der Waals surface area contributed by atoms with E-state index in [2.05, 4.69) is 10.2 Å². The molecule has 1 N–H and O–H groups in total. The SMILES string of the molecule is CC(Sc1nc2sc3c(c2c(=O)n1CCCN(C)C)CCCC3)C(=O)Nc1ccccc1F. The van der Waals surface area contributed by atoms with Gasteiger partial charge in [-0.1, -0.05) is 23.9 Å². The molecule has 33 heavy (non-hydrogen) atoms. The first-order chi connectivity index (χ1) is 15.8. The van der Waals surface area contributed by atoms with Gasteiger partial charge in [0.1, 0.15) is 10.6 Å². The van der Waals surface area contributed by atoms with E-state index in [4.69, 9.17) is 4.98 Å². The largest absolute Gasteiger partial charge is 0.323 e. The molecule has 0 saturated carbocycles. The topological polar surface area (TPSA) is 67.2 Å². The lowest BCUT2D eigenvalue weighted by molar-refractivity contribution is -0.115.